The van der Waals surface area contributed by atoms with Gasteiger partial charge in [0.25, 0.3) is 0 Å². The molecule has 0 saturated carbocycles. The largest absolute Gasteiger partial charge is 0.443 e. The van der Waals surface area contributed by atoms with Crippen molar-refractivity contribution in [1.82, 2.24) is 9.62 Å². The number of rotatable bonds is 15. The summed E-state index contributed by atoms with van der Waals surface area (Å²) in [6.45, 7) is 5.24. The second-order valence-electron chi connectivity index (χ2n) is 12.3. The van der Waals surface area contributed by atoms with Gasteiger partial charge in [0.2, 0.25) is 10.0 Å². The molecule has 11 nitrogen and oxygen atoms in total. The summed E-state index contributed by atoms with van der Waals surface area (Å²) in [6, 6.07) is 14.7. The van der Waals surface area contributed by atoms with Gasteiger partial charge in [-0.05, 0) is 61.4 Å². The highest BCUT2D eigenvalue weighted by Gasteiger charge is 2.44. The Morgan fingerprint density at radius 2 is 1.93 bits per heavy atom. The summed E-state index contributed by atoms with van der Waals surface area (Å²) < 4.78 is 46.1. The first-order chi connectivity index (χ1) is 20.5. The number of carbonyl (C=O) groups excluding carboxylic acids is 1. The molecule has 5 atom stereocenters. The van der Waals surface area contributed by atoms with E-state index in [1.165, 1.54) is 16.4 Å². The molecule has 0 spiro atoms. The van der Waals surface area contributed by atoms with E-state index < -0.39 is 39.8 Å². The molecule has 2 saturated heterocycles. The molecule has 2 fully saturated rings. The van der Waals surface area contributed by atoms with Crippen LogP contribution in [0.2, 0.25) is 0 Å². The molecular formula is C31H46N4O7S. The number of ether oxygens (including phenoxy) is 3. The minimum atomic E-state index is -4.05. The molecule has 238 valence electrons. The number of benzene rings is 2. The number of sulfonamides is 1. The normalized spacial score (nSPS) is 21.8. The number of anilines is 1. The molecule has 0 bridgehead atoms. The van der Waals surface area contributed by atoms with Crippen LogP contribution in [0.3, 0.4) is 0 Å². The van der Waals surface area contributed by atoms with Gasteiger partial charge >= 0.3 is 6.09 Å². The standard InChI is InChI=1S/C31H46N4O7S/c1-31(2,14-6-7-15-32)21-35(43(38,39)24-12-8-11-23(33)18-24)19-27(36)26(17-22-9-4-3-5-10-22)34-30(37)42-28-20-41-29-25(28)13-16-40-29/h3-5,8-12,18,25-29,36H,6-7,13-17,19-21,32-33H2,1-2H3,(H,34,37)/t25-,26-,27+,28-,29+/m0/s1. The highest BCUT2D eigenvalue weighted by molar-refractivity contribution is 7.89. The second kappa shape index (κ2) is 14.8. The number of amides is 1. The Morgan fingerprint density at radius 3 is 2.65 bits per heavy atom. The van der Waals surface area contributed by atoms with Gasteiger partial charge in [-0.1, -0.05) is 56.7 Å². The van der Waals surface area contributed by atoms with Gasteiger partial charge in [-0.15, -0.1) is 0 Å². The van der Waals surface area contributed by atoms with Crippen molar-refractivity contribution in [3.05, 3.63) is 60.2 Å². The highest BCUT2D eigenvalue weighted by atomic mass is 32.2. The Balaban J connectivity index is 1.55. The maximum absolute atomic E-state index is 14.0. The first kappa shape index (κ1) is 33.2. The number of aliphatic hydroxyl groups is 1. The summed E-state index contributed by atoms with van der Waals surface area (Å²) in [6.07, 6.45) is 0.629. The lowest BCUT2D eigenvalue weighted by Crippen LogP contribution is -2.52. The van der Waals surface area contributed by atoms with Crippen molar-refractivity contribution < 1.29 is 32.5 Å². The minimum absolute atomic E-state index is 0.0382. The average molecular weight is 619 g/mol. The van der Waals surface area contributed by atoms with Crippen LogP contribution in [-0.2, 0) is 30.7 Å². The Hall–Kier alpha value is -2.74. The predicted octanol–water partition coefficient (Wildman–Crippen LogP) is 2.87. The summed E-state index contributed by atoms with van der Waals surface area (Å²) >= 11 is 0. The number of aliphatic hydroxyl groups excluding tert-OH is 1. The molecule has 0 aliphatic carbocycles. The molecule has 6 N–H and O–H groups in total. The molecule has 0 unspecified atom stereocenters. The number of hydrogen-bond donors (Lipinski definition) is 4. The fourth-order valence-electron chi connectivity index (χ4n) is 5.73. The molecule has 2 heterocycles. The number of hydrogen-bond acceptors (Lipinski definition) is 9. The van der Waals surface area contributed by atoms with Crippen LogP contribution in [0.1, 0.15) is 45.1 Å². The van der Waals surface area contributed by atoms with Crippen LogP contribution in [0, 0.1) is 11.3 Å². The van der Waals surface area contributed by atoms with Crippen molar-refractivity contribution in [2.24, 2.45) is 17.1 Å². The van der Waals surface area contributed by atoms with E-state index in [9.17, 15) is 18.3 Å². The summed E-state index contributed by atoms with van der Waals surface area (Å²) in [5.74, 6) is -0.0382. The van der Waals surface area contributed by atoms with Crippen molar-refractivity contribution in [1.29, 1.82) is 0 Å². The summed E-state index contributed by atoms with van der Waals surface area (Å²) in [7, 11) is -4.05. The van der Waals surface area contributed by atoms with Gasteiger partial charge < -0.3 is 36.1 Å². The fraction of sp³-hybridized carbons (Fsp3) is 0.581. The van der Waals surface area contributed by atoms with Crippen molar-refractivity contribution in [3.63, 3.8) is 0 Å². The Morgan fingerprint density at radius 1 is 1.16 bits per heavy atom. The molecule has 2 aliphatic heterocycles. The van der Waals surface area contributed by atoms with Gasteiger partial charge in [-0.3, -0.25) is 0 Å². The lowest BCUT2D eigenvalue weighted by Gasteiger charge is -2.35. The van der Waals surface area contributed by atoms with E-state index in [0.29, 0.717) is 18.8 Å². The van der Waals surface area contributed by atoms with Crippen LogP contribution in [0.25, 0.3) is 0 Å². The maximum Gasteiger partial charge on any atom is 0.407 e. The van der Waals surface area contributed by atoms with Crippen molar-refractivity contribution in [2.75, 3.05) is 38.6 Å². The number of fused-ring (bicyclic) bond motifs is 1. The molecule has 43 heavy (non-hydrogen) atoms. The summed E-state index contributed by atoms with van der Waals surface area (Å²) in [4.78, 5) is 13.2. The van der Waals surface area contributed by atoms with Crippen LogP contribution in [0.5, 0.6) is 0 Å². The molecule has 12 heteroatoms. The third-order valence-electron chi connectivity index (χ3n) is 8.11. The fourth-order valence-corrected chi connectivity index (χ4v) is 7.44. The van der Waals surface area contributed by atoms with E-state index >= 15 is 0 Å². The topological polar surface area (TPSA) is 166 Å². The van der Waals surface area contributed by atoms with E-state index in [1.54, 1.807) is 12.1 Å². The second-order valence-corrected chi connectivity index (χ2v) is 14.2. The van der Waals surface area contributed by atoms with E-state index in [-0.39, 0.29) is 43.2 Å². The molecule has 2 aromatic carbocycles. The van der Waals surface area contributed by atoms with Crippen LogP contribution >= 0.6 is 0 Å². The number of unbranched alkanes of at least 4 members (excludes halogenated alkanes) is 1. The third kappa shape index (κ3) is 9.13. The zero-order valence-corrected chi connectivity index (χ0v) is 25.9. The quantitative estimate of drug-likeness (QED) is 0.173. The summed E-state index contributed by atoms with van der Waals surface area (Å²) in [5, 5.41) is 14.4. The Labute approximate surface area is 254 Å². The van der Waals surface area contributed by atoms with Gasteiger partial charge in [-0.2, -0.15) is 4.31 Å². The zero-order valence-electron chi connectivity index (χ0n) is 25.1. The zero-order chi connectivity index (χ0) is 31.0. The van der Waals surface area contributed by atoms with Crippen LogP contribution in [0.15, 0.2) is 59.5 Å². The number of alkyl carbamates (subject to hydrolysis) is 1. The average Bonchev–Trinajstić information content (AvgIpc) is 3.58. The molecule has 0 aromatic heterocycles. The number of nitrogens with zero attached hydrogens (tertiary/aromatic N) is 1. The number of carbonyl (C=O) groups is 1. The molecule has 1 amide bonds. The maximum atomic E-state index is 14.0. The van der Waals surface area contributed by atoms with Crippen LogP contribution in [0.4, 0.5) is 10.5 Å². The number of nitrogens with one attached hydrogen (secondary N) is 1. The smallest absolute Gasteiger partial charge is 0.407 e. The van der Waals surface area contributed by atoms with Crippen molar-refractivity contribution >= 4 is 21.8 Å². The molecule has 4 rings (SSSR count). The SMILES string of the molecule is CC(C)(CCCCN)CN(C[C@@H](O)[C@H](Cc1ccccc1)NC(=O)O[C@H]1CO[C@H]2OCC[C@H]21)S(=O)(=O)c1cccc(N)c1. The monoisotopic (exact) mass is 618 g/mol. The van der Waals surface area contributed by atoms with Crippen molar-refractivity contribution in [2.45, 2.75) is 75.4 Å². The summed E-state index contributed by atoms with van der Waals surface area (Å²) in [5.41, 5.74) is 12.4. The van der Waals surface area contributed by atoms with Gasteiger partial charge in [0, 0.05) is 18.8 Å². The Bertz CT molecular complexity index is 1290. The minimum Gasteiger partial charge on any atom is -0.443 e. The van der Waals surface area contributed by atoms with Gasteiger partial charge in [-0.25, -0.2) is 13.2 Å². The third-order valence-corrected chi connectivity index (χ3v) is 9.92. The van der Waals surface area contributed by atoms with Crippen molar-refractivity contribution in [3.8, 4) is 0 Å². The van der Waals surface area contributed by atoms with Gasteiger partial charge in [0.15, 0.2) is 6.29 Å². The highest BCUT2D eigenvalue weighted by Crippen LogP contribution is 2.33. The molecule has 2 aliphatic rings. The van der Waals surface area contributed by atoms with E-state index in [1.807, 2.05) is 44.2 Å². The van der Waals surface area contributed by atoms with E-state index in [4.69, 9.17) is 25.7 Å². The van der Waals surface area contributed by atoms with Crippen LogP contribution < -0.4 is 16.8 Å². The Kier molecular flexibility index (Phi) is 11.4. The molecule has 2 aromatic rings. The molecule has 0 radical (unpaired) electrons. The lowest BCUT2D eigenvalue weighted by molar-refractivity contribution is -0.0907. The van der Waals surface area contributed by atoms with E-state index in [0.717, 1.165) is 31.2 Å². The molecular weight excluding hydrogens is 572 g/mol. The van der Waals surface area contributed by atoms with Gasteiger partial charge in [0.05, 0.1) is 36.2 Å². The first-order valence-electron chi connectivity index (χ1n) is 15.0. The number of nitrogens with two attached hydrogens (primary N) is 2. The van der Waals surface area contributed by atoms with Gasteiger partial charge in [0.1, 0.15) is 6.10 Å². The first-order valence-corrected chi connectivity index (χ1v) is 16.4. The predicted molar refractivity (Wildman–Crippen MR) is 163 cm³/mol. The number of nitrogen functional groups attached to an aromatic ring is 1. The van der Waals surface area contributed by atoms with Crippen LogP contribution in [-0.4, -0.2) is 81.3 Å². The lowest BCUT2D eigenvalue weighted by atomic mass is 9.87. The van der Waals surface area contributed by atoms with E-state index in [2.05, 4.69) is 5.32 Å².